The summed E-state index contributed by atoms with van der Waals surface area (Å²) in [5, 5.41) is 4.72. The summed E-state index contributed by atoms with van der Waals surface area (Å²) in [7, 11) is 0. The summed E-state index contributed by atoms with van der Waals surface area (Å²) in [5.41, 5.74) is 12.3. The molecule has 178 valence electrons. The van der Waals surface area contributed by atoms with E-state index in [-0.39, 0.29) is 5.11 Å². The summed E-state index contributed by atoms with van der Waals surface area (Å²) in [6.45, 7) is 12.5. The number of rotatable bonds is 7. The van der Waals surface area contributed by atoms with Gasteiger partial charge < -0.3 is 5.73 Å². The van der Waals surface area contributed by atoms with Gasteiger partial charge in [0.05, 0.1) is 6.21 Å². The molecule has 0 unspecified atom stereocenters. The number of nitrogens with two attached hydrogens (primary N) is 1. The second-order valence-corrected chi connectivity index (χ2v) is 12.7. The fourth-order valence-electron chi connectivity index (χ4n) is 8.53. The Labute approximate surface area is 201 Å². The van der Waals surface area contributed by atoms with Crippen molar-refractivity contribution in [3.63, 3.8) is 0 Å². The first-order valence-electron chi connectivity index (χ1n) is 13.2. The molecule has 2 fully saturated rings. The minimum Gasteiger partial charge on any atom is -0.375 e. The third-order valence-corrected chi connectivity index (χ3v) is 10.2. The van der Waals surface area contributed by atoms with E-state index in [4.69, 9.17) is 18.0 Å². The van der Waals surface area contributed by atoms with Crippen molar-refractivity contribution in [2.45, 2.75) is 92.4 Å². The lowest BCUT2D eigenvalue weighted by atomic mass is 9.53. The highest BCUT2D eigenvalue weighted by Gasteiger charge is 2.61. The molecule has 32 heavy (non-hydrogen) atoms. The molecule has 4 aliphatic rings. The molecular weight excluding hydrogens is 410 g/mol. The average molecular weight is 456 g/mol. The van der Waals surface area contributed by atoms with Crippen LogP contribution in [-0.2, 0) is 0 Å². The van der Waals surface area contributed by atoms with Gasteiger partial charge in [0, 0.05) is 0 Å². The highest BCUT2D eigenvalue weighted by atomic mass is 32.1. The smallest absolute Gasteiger partial charge is 0.184 e. The SMILES string of the molecule is CC(C)CCC[C@@H](C)[C@H]1CC[C@H]2[C@@H]3C(/C=N/NC(N)=S)=C4C=CCC[C@]4(C)[C@H]3CC[C@]12C. The fraction of sp³-hybridized carbons (Fsp3) is 0.786. The Balaban J connectivity index is 1.61. The van der Waals surface area contributed by atoms with Crippen molar-refractivity contribution >= 4 is 23.5 Å². The number of nitrogens with one attached hydrogen (secondary N) is 1. The molecule has 0 spiro atoms. The number of thiocarbonyl (C=S) groups is 1. The highest BCUT2D eigenvalue weighted by molar-refractivity contribution is 7.80. The Hall–Kier alpha value is -1.16. The predicted molar refractivity (Wildman–Crippen MR) is 140 cm³/mol. The third kappa shape index (κ3) is 4.10. The van der Waals surface area contributed by atoms with E-state index in [1.54, 1.807) is 5.57 Å². The van der Waals surface area contributed by atoms with Gasteiger partial charge in [0.2, 0.25) is 0 Å². The molecule has 3 N–H and O–H groups in total. The van der Waals surface area contributed by atoms with E-state index >= 15 is 0 Å². The van der Waals surface area contributed by atoms with Crippen molar-refractivity contribution in [3.8, 4) is 0 Å². The standard InChI is InChI=1S/C28H45N3S/c1-18(2)9-8-10-19(3)21-12-13-23-25-20(17-30-31-26(29)32)22-11-6-7-15-27(22,4)24(25)14-16-28(21,23)5/h6,11,17-19,21,23-25H,7-10,12-16H2,1-5H3,(H3,29,31,32)/b30-17+/t19-,21-,23+,24+,25+,27+,28-/m1/s1. The zero-order valence-corrected chi connectivity index (χ0v) is 21.8. The van der Waals surface area contributed by atoms with E-state index in [9.17, 15) is 0 Å². The second-order valence-electron chi connectivity index (χ2n) is 12.2. The topological polar surface area (TPSA) is 50.4 Å². The molecule has 0 heterocycles. The molecule has 4 rings (SSSR count). The van der Waals surface area contributed by atoms with Crippen LogP contribution in [0.15, 0.2) is 28.4 Å². The van der Waals surface area contributed by atoms with Crippen molar-refractivity contribution in [1.29, 1.82) is 0 Å². The molecule has 0 saturated heterocycles. The van der Waals surface area contributed by atoms with E-state index in [1.807, 2.05) is 0 Å². The van der Waals surface area contributed by atoms with Crippen LogP contribution in [0.2, 0.25) is 0 Å². The second kappa shape index (κ2) is 9.24. The van der Waals surface area contributed by atoms with Gasteiger partial charge in [-0.15, -0.1) is 0 Å². The number of hydrogen-bond acceptors (Lipinski definition) is 2. The van der Waals surface area contributed by atoms with Gasteiger partial charge in [0.15, 0.2) is 5.11 Å². The molecule has 0 aromatic carbocycles. The maximum atomic E-state index is 5.66. The van der Waals surface area contributed by atoms with Crippen molar-refractivity contribution in [1.82, 2.24) is 5.43 Å². The van der Waals surface area contributed by atoms with Crippen LogP contribution in [0, 0.1) is 46.3 Å². The molecule has 0 aromatic heterocycles. The first-order valence-corrected chi connectivity index (χ1v) is 13.6. The molecule has 0 aromatic rings. The minimum atomic E-state index is 0.244. The van der Waals surface area contributed by atoms with Crippen LogP contribution >= 0.6 is 12.2 Å². The van der Waals surface area contributed by atoms with E-state index in [1.165, 1.54) is 63.4 Å². The summed E-state index contributed by atoms with van der Waals surface area (Å²) in [5.74, 6) is 4.67. The fourth-order valence-corrected chi connectivity index (χ4v) is 8.59. The van der Waals surface area contributed by atoms with Crippen LogP contribution < -0.4 is 11.2 Å². The van der Waals surface area contributed by atoms with Crippen LogP contribution in [0.4, 0.5) is 0 Å². The van der Waals surface area contributed by atoms with Gasteiger partial charge in [-0.25, -0.2) is 0 Å². The van der Waals surface area contributed by atoms with Crippen LogP contribution in [0.25, 0.3) is 0 Å². The van der Waals surface area contributed by atoms with Gasteiger partial charge in [-0.05, 0) is 108 Å². The molecule has 7 atom stereocenters. The summed E-state index contributed by atoms with van der Waals surface area (Å²) >= 11 is 5.00. The van der Waals surface area contributed by atoms with Crippen LogP contribution in [0.3, 0.4) is 0 Å². The quantitative estimate of drug-likeness (QED) is 0.247. The number of nitrogens with zero attached hydrogens (tertiary/aromatic N) is 1. The van der Waals surface area contributed by atoms with Crippen molar-refractivity contribution in [3.05, 3.63) is 23.3 Å². The Kier molecular flexibility index (Phi) is 6.92. The molecule has 0 radical (unpaired) electrons. The van der Waals surface area contributed by atoms with Crippen LogP contribution in [0.5, 0.6) is 0 Å². The first kappa shape index (κ1) is 24.0. The Morgan fingerprint density at radius 3 is 2.69 bits per heavy atom. The van der Waals surface area contributed by atoms with Gasteiger partial charge in [0.25, 0.3) is 0 Å². The van der Waals surface area contributed by atoms with E-state index in [0.717, 1.165) is 29.6 Å². The molecular formula is C28H45N3S. The molecule has 2 saturated carbocycles. The first-order chi connectivity index (χ1) is 15.2. The van der Waals surface area contributed by atoms with E-state index in [2.05, 4.69) is 63.5 Å². The number of hydrogen-bond donors (Lipinski definition) is 2. The van der Waals surface area contributed by atoms with Gasteiger partial charge in [-0.3, -0.25) is 5.43 Å². The minimum absolute atomic E-state index is 0.244. The molecule has 3 nitrogen and oxygen atoms in total. The average Bonchev–Trinajstić information content (AvgIpc) is 3.19. The summed E-state index contributed by atoms with van der Waals surface area (Å²) in [6.07, 6.45) is 19.1. The van der Waals surface area contributed by atoms with Crippen LogP contribution in [0.1, 0.15) is 92.4 Å². The summed E-state index contributed by atoms with van der Waals surface area (Å²) in [6, 6.07) is 0. The van der Waals surface area contributed by atoms with Gasteiger partial charge in [-0.1, -0.05) is 66.0 Å². The monoisotopic (exact) mass is 455 g/mol. The van der Waals surface area contributed by atoms with E-state index < -0.39 is 0 Å². The predicted octanol–water partition coefficient (Wildman–Crippen LogP) is 6.99. The zero-order valence-electron chi connectivity index (χ0n) is 21.0. The molecule has 4 heteroatoms. The molecule has 0 amide bonds. The molecule has 0 aliphatic heterocycles. The Bertz CT molecular complexity index is 811. The van der Waals surface area contributed by atoms with Crippen LogP contribution in [-0.4, -0.2) is 11.3 Å². The van der Waals surface area contributed by atoms with Gasteiger partial charge >= 0.3 is 0 Å². The lowest BCUT2D eigenvalue weighted by Crippen LogP contribution is -2.45. The molecule has 4 aliphatic carbocycles. The maximum absolute atomic E-state index is 5.66. The van der Waals surface area contributed by atoms with Crippen molar-refractivity contribution in [2.24, 2.45) is 57.2 Å². The van der Waals surface area contributed by atoms with Gasteiger partial charge in [0.1, 0.15) is 0 Å². The highest BCUT2D eigenvalue weighted by Crippen LogP contribution is 2.69. The maximum Gasteiger partial charge on any atom is 0.184 e. The third-order valence-electron chi connectivity index (χ3n) is 10.1. The lowest BCUT2D eigenvalue weighted by Gasteiger charge is -2.51. The Morgan fingerprint density at radius 1 is 1.19 bits per heavy atom. The molecule has 0 bridgehead atoms. The largest absolute Gasteiger partial charge is 0.375 e. The summed E-state index contributed by atoms with van der Waals surface area (Å²) in [4.78, 5) is 0. The summed E-state index contributed by atoms with van der Waals surface area (Å²) < 4.78 is 0. The number of allylic oxidation sites excluding steroid dienone is 4. The number of hydrazone groups is 1. The normalized spacial score (nSPS) is 39.3. The number of fused-ring (bicyclic) bond motifs is 5. The zero-order chi connectivity index (χ0) is 23.1. The van der Waals surface area contributed by atoms with Crippen molar-refractivity contribution in [2.75, 3.05) is 0 Å². The lowest BCUT2D eigenvalue weighted by molar-refractivity contribution is -0.0116. The van der Waals surface area contributed by atoms with Crippen molar-refractivity contribution < 1.29 is 0 Å². The van der Waals surface area contributed by atoms with E-state index in [0.29, 0.717) is 16.7 Å². The van der Waals surface area contributed by atoms with Gasteiger partial charge in [-0.2, -0.15) is 5.10 Å². The Morgan fingerprint density at radius 2 is 1.97 bits per heavy atom.